The number of carboxylic acid groups (broad SMARTS) is 1. The number of carbonyl (C=O) groups is 4. The number of benzene rings is 4. The van der Waals surface area contributed by atoms with Gasteiger partial charge in [0.25, 0.3) is 11.6 Å². The van der Waals surface area contributed by atoms with Gasteiger partial charge in [-0.2, -0.15) is 9.97 Å². The number of aryl methyl sites for hydroxylation is 2. The third-order valence-electron chi connectivity index (χ3n) is 9.65. The van der Waals surface area contributed by atoms with Crippen molar-refractivity contribution in [1.82, 2.24) is 28.2 Å². The Balaban J connectivity index is 0.000000258. The zero-order valence-corrected chi connectivity index (χ0v) is 40.0. The number of Topliss-reactive ketones (excluding diaryl/α,β-unsaturated/α-hetero) is 2. The first-order chi connectivity index (χ1) is 32.6. The first kappa shape index (κ1) is 52.1. The molecule has 0 radical (unpaired) electrons. The molecule has 0 amide bonds. The molecule has 0 atom stereocenters. The van der Waals surface area contributed by atoms with Crippen LogP contribution in [0, 0.1) is 13.8 Å². The molecule has 0 unspecified atom stereocenters. The highest BCUT2D eigenvalue weighted by Gasteiger charge is 2.22. The number of nitrogens with one attached hydrogen (secondary N) is 2. The molecule has 0 aliphatic rings. The fourth-order valence-electron chi connectivity index (χ4n) is 6.37. The largest absolute Gasteiger partial charge is 0.491 e. The molecular weight excluding hydrogens is 939 g/mol. The number of ether oxygens (including phenoxy) is 3. The fraction of sp³-hybridized carbons (Fsp3) is 0.277. The minimum absolute atomic E-state index is 0.000905. The molecule has 6 rings (SSSR count). The zero-order valence-electron chi connectivity index (χ0n) is 38.4. The van der Waals surface area contributed by atoms with Gasteiger partial charge in [0.2, 0.25) is 11.9 Å². The van der Waals surface area contributed by atoms with Crippen LogP contribution in [0.3, 0.4) is 0 Å². The van der Waals surface area contributed by atoms with Gasteiger partial charge >= 0.3 is 34.7 Å². The average molecular weight is 988 g/mol. The summed E-state index contributed by atoms with van der Waals surface area (Å²) in [6.45, 7) is 9.67. The van der Waals surface area contributed by atoms with E-state index in [1.807, 2.05) is 41.5 Å². The summed E-state index contributed by atoms with van der Waals surface area (Å²) in [7, 11) is 1.03. The Kier molecular flexibility index (Phi) is 17.6. The molecule has 2 aromatic heterocycles. The highest BCUT2D eigenvalue weighted by Crippen LogP contribution is 2.26. The van der Waals surface area contributed by atoms with E-state index < -0.39 is 59.4 Å². The lowest BCUT2D eigenvalue weighted by Gasteiger charge is -2.17. The summed E-state index contributed by atoms with van der Waals surface area (Å²) in [5.41, 5.74) is 0.398. The second-order valence-electron chi connectivity index (χ2n) is 15.8. The number of carbonyl (C=O) groups excluding carboxylic acids is 3. The van der Waals surface area contributed by atoms with Crippen molar-refractivity contribution in [3.05, 3.63) is 159 Å². The molecule has 3 N–H and O–H groups in total. The Hall–Kier alpha value is -7.84. The third kappa shape index (κ3) is 14.1. The van der Waals surface area contributed by atoms with E-state index >= 15 is 0 Å². The summed E-state index contributed by atoms with van der Waals surface area (Å²) in [5, 5.41) is 15.9. The summed E-state index contributed by atoms with van der Waals surface area (Å²) >= 11 is 11.9. The van der Waals surface area contributed by atoms with Gasteiger partial charge in [0.05, 0.1) is 32.4 Å². The number of nitrogens with zero attached hydrogens (tertiary/aromatic N) is 6. The molecule has 0 spiro atoms. The van der Waals surface area contributed by atoms with Gasteiger partial charge in [-0.05, 0) is 124 Å². The Morgan fingerprint density at radius 2 is 0.971 bits per heavy atom. The van der Waals surface area contributed by atoms with Gasteiger partial charge in [-0.3, -0.25) is 18.7 Å². The van der Waals surface area contributed by atoms with Crippen LogP contribution in [-0.2, 0) is 50.1 Å². The van der Waals surface area contributed by atoms with Crippen molar-refractivity contribution in [2.45, 2.75) is 79.9 Å². The molecule has 0 saturated heterocycles. The molecule has 22 heteroatoms. The summed E-state index contributed by atoms with van der Waals surface area (Å²) in [4.78, 5) is 106. The van der Waals surface area contributed by atoms with Crippen molar-refractivity contribution in [2.24, 2.45) is 0 Å². The maximum atomic E-state index is 13.3. The van der Waals surface area contributed by atoms with E-state index in [0.29, 0.717) is 53.2 Å². The summed E-state index contributed by atoms with van der Waals surface area (Å²) in [5.74, 6) is -3.99. The van der Waals surface area contributed by atoms with Crippen LogP contribution in [0.2, 0.25) is 10.0 Å². The van der Waals surface area contributed by atoms with Gasteiger partial charge in [0, 0.05) is 21.4 Å². The molecule has 0 bridgehead atoms. The Morgan fingerprint density at radius 1 is 0.594 bits per heavy atom. The van der Waals surface area contributed by atoms with Crippen LogP contribution in [0.25, 0.3) is 0 Å². The number of esters is 1. The number of methoxy groups -OCH3 is 1. The van der Waals surface area contributed by atoms with Crippen LogP contribution in [0.15, 0.2) is 104 Å². The number of halogens is 2. The Bertz CT molecular complexity index is 3130. The first-order valence-electron chi connectivity index (χ1n) is 21.0. The molecule has 6 aromatic rings. The molecule has 20 nitrogen and oxygen atoms in total. The van der Waals surface area contributed by atoms with Crippen molar-refractivity contribution in [2.75, 3.05) is 17.7 Å². The van der Waals surface area contributed by atoms with E-state index in [9.17, 15) is 38.4 Å². The lowest BCUT2D eigenvalue weighted by atomic mass is 10.2. The average Bonchev–Trinajstić information content (AvgIpc) is 3.29. The van der Waals surface area contributed by atoms with E-state index in [4.69, 9.17) is 37.8 Å². The van der Waals surface area contributed by atoms with Gasteiger partial charge in [0.15, 0.2) is 0 Å². The van der Waals surface area contributed by atoms with Gasteiger partial charge in [0.1, 0.15) is 24.6 Å². The molecule has 0 aliphatic heterocycles. The predicted molar refractivity (Wildman–Crippen MR) is 257 cm³/mol. The lowest BCUT2D eigenvalue weighted by Crippen LogP contribution is -2.45. The van der Waals surface area contributed by atoms with Gasteiger partial charge < -0.3 is 30.0 Å². The van der Waals surface area contributed by atoms with Crippen molar-refractivity contribution >= 4 is 70.0 Å². The Labute approximate surface area is 403 Å². The normalized spacial score (nSPS) is 10.8. The van der Waals surface area contributed by atoms with E-state index in [1.54, 1.807) is 84.9 Å². The smallest absolute Gasteiger partial charge is 0.376 e. The number of carboxylic acids is 1. The number of anilines is 4. The first-order valence-corrected chi connectivity index (χ1v) is 21.8. The van der Waals surface area contributed by atoms with Gasteiger partial charge in [-0.25, -0.2) is 37.9 Å². The molecule has 69 heavy (non-hydrogen) atoms. The molecule has 0 aliphatic carbocycles. The van der Waals surface area contributed by atoms with Crippen molar-refractivity contribution in [3.8, 4) is 11.5 Å². The van der Waals surface area contributed by atoms with Crippen LogP contribution < -0.4 is 42.9 Å². The molecular formula is C47H48Cl2N8O12. The highest BCUT2D eigenvalue weighted by molar-refractivity contribution is 6.33. The monoisotopic (exact) mass is 986 g/mol. The quantitative estimate of drug-likeness (QED) is 0.0731. The van der Waals surface area contributed by atoms with E-state index in [1.165, 1.54) is 4.57 Å². The van der Waals surface area contributed by atoms with Crippen molar-refractivity contribution in [1.29, 1.82) is 0 Å². The summed E-state index contributed by atoms with van der Waals surface area (Å²) in [6, 6.07) is 24.0. The second-order valence-corrected chi connectivity index (χ2v) is 16.7. The van der Waals surface area contributed by atoms with Crippen LogP contribution in [0.4, 0.5) is 23.3 Å². The standard InChI is InChI=1S/C24H25ClN4O6.C23H23ClN4O6/c1-14(2)35-20-10-9-18(11-15(20)3)26-22-27-23(32)29(13-19(30)21(31)34-4)24(33)28(22)12-16-5-7-17(25)8-6-16;1-13(2)34-19-9-8-17(10-14(19)3)25-21-26-22(32)28(12-18(29)20(30)31)23(33)27(21)11-15-4-6-16(24)7-5-15/h5-11,14H,12-13H2,1-4H3,(H,26,27,32);4-10,13H,11-12H2,1-3H3,(H,30,31)(H,25,26,32). The zero-order chi connectivity index (χ0) is 50.7. The minimum atomic E-state index is -1.75. The second kappa shape index (κ2) is 23.3. The minimum Gasteiger partial charge on any atom is -0.491 e. The van der Waals surface area contributed by atoms with Gasteiger partial charge in [-0.1, -0.05) is 47.5 Å². The summed E-state index contributed by atoms with van der Waals surface area (Å²) < 4.78 is 19.3. The molecule has 0 saturated carbocycles. The fourth-order valence-corrected chi connectivity index (χ4v) is 6.62. The number of hydrogen-bond donors (Lipinski definition) is 3. The molecule has 4 aromatic carbocycles. The maximum Gasteiger partial charge on any atom is 0.376 e. The predicted octanol–water partition coefficient (Wildman–Crippen LogP) is 5.29. The highest BCUT2D eigenvalue weighted by atomic mass is 35.5. The van der Waals surface area contributed by atoms with E-state index in [2.05, 4.69) is 25.3 Å². The van der Waals surface area contributed by atoms with Crippen LogP contribution in [0.5, 0.6) is 11.5 Å². The molecule has 362 valence electrons. The molecule has 0 fully saturated rings. The van der Waals surface area contributed by atoms with Crippen LogP contribution in [0.1, 0.15) is 49.9 Å². The number of aromatic nitrogens is 6. The molecule has 2 heterocycles. The van der Waals surface area contributed by atoms with E-state index in [-0.39, 0.29) is 37.2 Å². The SMILES string of the molecule is COC(=O)C(=O)Cn1c(=O)nc(Nc2ccc(OC(C)C)c(C)c2)n(Cc2ccc(Cl)cc2)c1=O.Cc1cc(Nc2nc(=O)n(CC(=O)C(=O)O)c(=O)n2Cc2ccc(Cl)cc2)ccc1OC(C)C. The maximum absolute atomic E-state index is 13.3. The van der Waals surface area contributed by atoms with Crippen LogP contribution >= 0.6 is 23.2 Å². The number of rotatable bonds is 18. The summed E-state index contributed by atoms with van der Waals surface area (Å²) in [6.07, 6.45) is -0.0103. The van der Waals surface area contributed by atoms with Gasteiger partial charge in [-0.15, -0.1) is 0 Å². The Morgan fingerprint density at radius 3 is 1.30 bits per heavy atom. The number of hydrogen-bond acceptors (Lipinski definition) is 15. The third-order valence-corrected chi connectivity index (χ3v) is 10.2. The van der Waals surface area contributed by atoms with E-state index in [0.717, 1.165) is 22.8 Å². The topological polar surface area (TPSA) is 254 Å². The van der Waals surface area contributed by atoms with Crippen molar-refractivity contribution in [3.63, 3.8) is 0 Å². The van der Waals surface area contributed by atoms with Crippen molar-refractivity contribution < 1.29 is 38.5 Å². The van der Waals surface area contributed by atoms with Crippen LogP contribution in [-0.4, -0.2) is 76.2 Å². The lowest BCUT2D eigenvalue weighted by molar-refractivity contribution is -0.152. The number of ketones is 2. The number of aliphatic carboxylic acids is 1.